The van der Waals surface area contributed by atoms with Gasteiger partial charge in [-0.2, -0.15) is 8.78 Å². The molecule has 158 valence electrons. The molecule has 0 saturated heterocycles. The first kappa shape index (κ1) is 23.2. The van der Waals surface area contributed by atoms with E-state index in [0.29, 0.717) is 10.0 Å². The van der Waals surface area contributed by atoms with Crippen LogP contribution in [-0.4, -0.2) is 26.5 Å². The molecule has 0 aliphatic heterocycles. The van der Waals surface area contributed by atoms with E-state index in [1.165, 1.54) is 30.3 Å². The summed E-state index contributed by atoms with van der Waals surface area (Å²) < 4.78 is 56.6. The minimum Gasteiger partial charge on any atom is -0.435 e. The van der Waals surface area contributed by atoms with Gasteiger partial charge >= 0.3 is 6.61 Å². The highest BCUT2D eigenvalue weighted by molar-refractivity contribution is 9.10. The standard InChI is InChI=1S/C19H21BrF2N2O4S/c1-19(2,3)24-29(26,27)14-8-9-16(20)15(10-14)17(25)23-11-12-4-6-13(7-5-12)28-18(21)22/h4-10,18,24H,11H2,1-3H3,(H,23,25). The summed E-state index contributed by atoms with van der Waals surface area (Å²) in [6.07, 6.45) is 0. The Balaban J connectivity index is 2.13. The zero-order chi connectivity index (χ0) is 21.8. The van der Waals surface area contributed by atoms with Crippen molar-refractivity contribution in [3.63, 3.8) is 0 Å². The zero-order valence-corrected chi connectivity index (χ0v) is 18.4. The van der Waals surface area contributed by atoms with Crippen LogP contribution in [0.25, 0.3) is 0 Å². The minimum atomic E-state index is -3.80. The molecule has 0 atom stereocenters. The Hall–Kier alpha value is -2.04. The van der Waals surface area contributed by atoms with E-state index in [0.717, 1.165) is 0 Å². The van der Waals surface area contributed by atoms with Crippen molar-refractivity contribution in [3.8, 4) is 5.75 Å². The van der Waals surface area contributed by atoms with Gasteiger partial charge < -0.3 is 10.1 Å². The minimum absolute atomic E-state index is 0.0158. The van der Waals surface area contributed by atoms with Crippen molar-refractivity contribution in [3.05, 3.63) is 58.1 Å². The Bertz CT molecular complexity index is 975. The smallest absolute Gasteiger partial charge is 0.387 e. The van der Waals surface area contributed by atoms with E-state index in [1.54, 1.807) is 32.9 Å². The third-order valence-electron chi connectivity index (χ3n) is 3.53. The monoisotopic (exact) mass is 490 g/mol. The highest BCUT2D eigenvalue weighted by Gasteiger charge is 2.23. The van der Waals surface area contributed by atoms with Crippen molar-refractivity contribution in [2.24, 2.45) is 0 Å². The number of hydrogen-bond donors (Lipinski definition) is 2. The first-order valence-electron chi connectivity index (χ1n) is 8.53. The number of ether oxygens (including phenoxy) is 1. The van der Waals surface area contributed by atoms with Crippen molar-refractivity contribution < 1.29 is 26.7 Å². The molecule has 0 radical (unpaired) electrons. The topological polar surface area (TPSA) is 84.5 Å². The maximum absolute atomic E-state index is 12.5. The molecule has 6 nitrogen and oxygen atoms in total. The Morgan fingerprint density at radius 2 is 1.76 bits per heavy atom. The molecule has 0 spiro atoms. The Kier molecular flexibility index (Phi) is 7.36. The SMILES string of the molecule is CC(C)(C)NS(=O)(=O)c1ccc(Br)c(C(=O)NCc2ccc(OC(F)F)cc2)c1. The van der Waals surface area contributed by atoms with Gasteiger partial charge in [0.05, 0.1) is 10.5 Å². The molecule has 0 aliphatic carbocycles. The molecule has 10 heteroatoms. The number of sulfonamides is 1. The van der Waals surface area contributed by atoms with E-state index >= 15 is 0 Å². The quantitative estimate of drug-likeness (QED) is 0.612. The normalized spacial score (nSPS) is 12.1. The van der Waals surface area contributed by atoms with Crippen LogP contribution in [0.1, 0.15) is 36.7 Å². The first-order valence-corrected chi connectivity index (χ1v) is 10.8. The molecule has 29 heavy (non-hydrogen) atoms. The maximum atomic E-state index is 12.5. The largest absolute Gasteiger partial charge is 0.435 e. The molecular formula is C19H21BrF2N2O4S. The third kappa shape index (κ3) is 7.06. The van der Waals surface area contributed by atoms with Crippen molar-refractivity contribution in [2.75, 3.05) is 0 Å². The molecule has 0 aliphatic rings. The summed E-state index contributed by atoms with van der Waals surface area (Å²) in [5.41, 5.74) is 0.142. The molecule has 0 aromatic heterocycles. The van der Waals surface area contributed by atoms with Gasteiger partial charge in [0.25, 0.3) is 5.91 Å². The number of halogens is 3. The van der Waals surface area contributed by atoms with Gasteiger partial charge in [0, 0.05) is 16.6 Å². The molecule has 0 bridgehead atoms. The summed E-state index contributed by atoms with van der Waals surface area (Å²) in [5.74, 6) is -0.473. The van der Waals surface area contributed by atoms with Crippen LogP contribution in [0.2, 0.25) is 0 Å². The van der Waals surface area contributed by atoms with E-state index in [4.69, 9.17) is 0 Å². The number of benzene rings is 2. The summed E-state index contributed by atoms with van der Waals surface area (Å²) in [7, 11) is -3.80. The molecular weight excluding hydrogens is 470 g/mol. The van der Waals surface area contributed by atoms with Crippen LogP contribution in [-0.2, 0) is 16.6 Å². The number of amides is 1. The molecule has 0 unspecified atom stereocenters. The second kappa shape index (κ2) is 9.19. The van der Waals surface area contributed by atoms with Crippen LogP contribution >= 0.6 is 15.9 Å². The fourth-order valence-electron chi connectivity index (χ4n) is 2.37. The summed E-state index contributed by atoms with van der Waals surface area (Å²) in [5, 5.41) is 2.67. The molecule has 2 N–H and O–H groups in total. The number of hydrogen-bond acceptors (Lipinski definition) is 4. The Morgan fingerprint density at radius 1 is 1.14 bits per heavy atom. The summed E-state index contributed by atoms with van der Waals surface area (Å²) in [4.78, 5) is 12.5. The highest BCUT2D eigenvalue weighted by atomic mass is 79.9. The third-order valence-corrected chi connectivity index (χ3v) is 5.98. The van der Waals surface area contributed by atoms with E-state index in [1.807, 2.05) is 0 Å². The predicted molar refractivity (Wildman–Crippen MR) is 108 cm³/mol. The summed E-state index contributed by atoms with van der Waals surface area (Å²) in [6.45, 7) is 2.37. The van der Waals surface area contributed by atoms with Crippen molar-refractivity contribution in [1.29, 1.82) is 0 Å². The van der Waals surface area contributed by atoms with Gasteiger partial charge in [-0.25, -0.2) is 13.1 Å². The van der Waals surface area contributed by atoms with Crippen LogP contribution in [0.5, 0.6) is 5.75 Å². The Labute approximate surface area is 176 Å². The fraction of sp³-hybridized carbons (Fsp3) is 0.316. The fourth-order valence-corrected chi connectivity index (χ4v) is 4.24. The molecule has 0 fully saturated rings. The van der Waals surface area contributed by atoms with Gasteiger partial charge in [-0.05, 0) is 72.6 Å². The van der Waals surface area contributed by atoms with E-state index in [9.17, 15) is 22.0 Å². The lowest BCUT2D eigenvalue weighted by Gasteiger charge is -2.20. The number of nitrogens with one attached hydrogen (secondary N) is 2. The average molecular weight is 491 g/mol. The highest BCUT2D eigenvalue weighted by Crippen LogP contribution is 2.22. The maximum Gasteiger partial charge on any atom is 0.387 e. The lowest BCUT2D eigenvalue weighted by atomic mass is 10.1. The first-order chi connectivity index (χ1) is 13.4. The number of alkyl halides is 2. The second-order valence-electron chi connectivity index (χ2n) is 7.20. The van der Waals surface area contributed by atoms with E-state index < -0.39 is 28.1 Å². The molecule has 0 heterocycles. The van der Waals surface area contributed by atoms with Gasteiger partial charge in [0.15, 0.2) is 0 Å². The average Bonchev–Trinajstić information content (AvgIpc) is 2.58. The number of carbonyl (C=O) groups excluding carboxylic acids is 1. The van der Waals surface area contributed by atoms with E-state index in [-0.39, 0.29) is 22.8 Å². The molecule has 2 aromatic carbocycles. The molecule has 0 saturated carbocycles. The number of carbonyl (C=O) groups is 1. The second-order valence-corrected chi connectivity index (χ2v) is 9.74. The molecule has 2 rings (SSSR count). The van der Waals surface area contributed by atoms with Gasteiger partial charge in [-0.3, -0.25) is 4.79 Å². The summed E-state index contributed by atoms with van der Waals surface area (Å²) >= 11 is 3.25. The van der Waals surface area contributed by atoms with Crippen molar-refractivity contribution >= 4 is 31.9 Å². The number of rotatable bonds is 7. The van der Waals surface area contributed by atoms with E-state index in [2.05, 4.69) is 30.7 Å². The molecule has 1 amide bonds. The lowest BCUT2D eigenvalue weighted by molar-refractivity contribution is -0.0498. The van der Waals surface area contributed by atoms with Crippen LogP contribution in [0.15, 0.2) is 51.8 Å². The van der Waals surface area contributed by atoms with Gasteiger partial charge in [0.2, 0.25) is 10.0 Å². The summed E-state index contributed by atoms with van der Waals surface area (Å²) in [6, 6.07) is 10.00. The predicted octanol–water partition coefficient (Wildman–Crippen LogP) is 4.06. The van der Waals surface area contributed by atoms with Crippen LogP contribution in [0, 0.1) is 0 Å². The van der Waals surface area contributed by atoms with Crippen LogP contribution in [0.4, 0.5) is 8.78 Å². The van der Waals surface area contributed by atoms with Crippen molar-refractivity contribution in [2.45, 2.75) is 44.4 Å². The Morgan fingerprint density at radius 3 is 2.31 bits per heavy atom. The zero-order valence-electron chi connectivity index (χ0n) is 16.0. The molecule has 2 aromatic rings. The van der Waals surface area contributed by atoms with Crippen LogP contribution < -0.4 is 14.8 Å². The van der Waals surface area contributed by atoms with Gasteiger partial charge in [0.1, 0.15) is 5.75 Å². The lowest BCUT2D eigenvalue weighted by Crippen LogP contribution is -2.40. The van der Waals surface area contributed by atoms with Gasteiger partial charge in [-0.15, -0.1) is 0 Å². The van der Waals surface area contributed by atoms with Crippen LogP contribution in [0.3, 0.4) is 0 Å². The van der Waals surface area contributed by atoms with Gasteiger partial charge in [-0.1, -0.05) is 12.1 Å². The van der Waals surface area contributed by atoms with Crippen molar-refractivity contribution in [1.82, 2.24) is 10.0 Å².